The van der Waals surface area contributed by atoms with Crippen LogP contribution in [0.2, 0.25) is 0 Å². The summed E-state index contributed by atoms with van der Waals surface area (Å²) in [6.07, 6.45) is -5.79. The molecule has 2 heterocycles. The lowest BCUT2D eigenvalue weighted by Gasteiger charge is -2.36. The smallest absolute Gasteiger partial charge is 0.410 e. The van der Waals surface area contributed by atoms with Crippen molar-refractivity contribution in [2.75, 3.05) is 29.9 Å². The van der Waals surface area contributed by atoms with E-state index < -0.39 is 36.6 Å². The fraction of sp³-hybridized carbons (Fsp3) is 0.571. The van der Waals surface area contributed by atoms with Gasteiger partial charge < -0.3 is 19.9 Å². The van der Waals surface area contributed by atoms with Gasteiger partial charge >= 0.3 is 12.3 Å². The van der Waals surface area contributed by atoms with Crippen molar-refractivity contribution in [2.45, 2.75) is 57.6 Å². The number of halogens is 4. The molecule has 0 spiro atoms. The number of amides is 1. The van der Waals surface area contributed by atoms with Crippen LogP contribution in [-0.4, -0.2) is 59.6 Å². The van der Waals surface area contributed by atoms with Crippen LogP contribution in [0.15, 0.2) is 23.9 Å². The number of hydrogen-bond acceptors (Lipinski definition) is 5. The number of carbonyl (C=O) groups is 1. The van der Waals surface area contributed by atoms with Gasteiger partial charge in [0.15, 0.2) is 0 Å². The molecule has 0 unspecified atom stereocenters. The van der Waals surface area contributed by atoms with Gasteiger partial charge in [0.2, 0.25) is 0 Å². The van der Waals surface area contributed by atoms with Crippen molar-refractivity contribution < 1.29 is 27.1 Å². The summed E-state index contributed by atoms with van der Waals surface area (Å²) < 4.78 is 59.2. The fourth-order valence-corrected chi connectivity index (χ4v) is 3.95. The van der Waals surface area contributed by atoms with Crippen molar-refractivity contribution in [1.82, 2.24) is 4.90 Å². The quantitative estimate of drug-likeness (QED) is 0.517. The van der Waals surface area contributed by atoms with Crippen LogP contribution in [0, 0.1) is 0 Å². The molecular formula is C21H25F4N3O2S. The van der Waals surface area contributed by atoms with E-state index in [1.54, 1.807) is 39.0 Å². The highest BCUT2D eigenvalue weighted by molar-refractivity contribution is 7.78. The Labute approximate surface area is 184 Å². The molecule has 2 atom stereocenters. The number of ether oxygens (including phenoxy) is 1. The molecule has 1 saturated heterocycles. The third-order valence-electron chi connectivity index (χ3n) is 5.10. The maximum absolute atomic E-state index is 14.9. The van der Waals surface area contributed by atoms with Crippen LogP contribution in [0.3, 0.4) is 0 Å². The minimum atomic E-state index is -4.40. The number of anilines is 2. The highest BCUT2D eigenvalue weighted by Crippen LogP contribution is 2.40. The summed E-state index contributed by atoms with van der Waals surface area (Å²) in [4.78, 5) is 14.6. The molecule has 0 aromatic heterocycles. The number of hydrogen-bond donors (Lipinski definition) is 1. The molecule has 5 nitrogen and oxygen atoms in total. The van der Waals surface area contributed by atoms with E-state index in [1.807, 2.05) is 0 Å². The first-order valence-electron chi connectivity index (χ1n) is 9.96. The number of benzene rings is 1. The Morgan fingerprint density at radius 3 is 2.61 bits per heavy atom. The molecule has 0 aliphatic carbocycles. The molecule has 1 aromatic carbocycles. The SMILES string of the molecule is CC(C)(C)OC(=O)N1CC[C@@H](Nc2cccc3c2CC(=C=S)N3CC(F)(F)F)[C@@H](F)C1. The highest BCUT2D eigenvalue weighted by atomic mass is 32.1. The van der Waals surface area contributed by atoms with E-state index in [0.717, 1.165) is 4.90 Å². The van der Waals surface area contributed by atoms with Gasteiger partial charge in [0.05, 0.1) is 18.3 Å². The molecular weight excluding hydrogens is 434 g/mol. The van der Waals surface area contributed by atoms with Crippen LogP contribution < -0.4 is 10.2 Å². The molecule has 2 aliphatic heterocycles. The third-order valence-corrected chi connectivity index (χ3v) is 5.34. The molecule has 31 heavy (non-hydrogen) atoms. The van der Waals surface area contributed by atoms with Crippen molar-refractivity contribution >= 4 is 34.7 Å². The fourth-order valence-electron chi connectivity index (χ4n) is 3.77. The van der Waals surface area contributed by atoms with Crippen LogP contribution >= 0.6 is 12.2 Å². The summed E-state index contributed by atoms with van der Waals surface area (Å²) in [5, 5.41) is 5.56. The Kier molecular flexibility index (Phi) is 6.53. The van der Waals surface area contributed by atoms with Crippen molar-refractivity contribution in [3.8, 4) is 0 Å². The molecule has 0 radical (unpaired) electrons. The summed E-state index contributed by atoms with van der Waals surface area (Å²) >= 11 is 4.80. The number of nitrogens with one attached hydrogen (secondary N) is 1. The molecule has 3 rings (SSSR count). The molecule has 170 valence electrons. The predicted molar refractivity (Wildman–Crippen MR) is 114 cm³/mol. The monoisotopic (exact) mass is 459 g/mol. The van der Waals surface area contributed by atoms with Gasteiger partial charge in [-0.05, 0) is 56.6 Å². The van der Waals surface area contributed by atoms with Crippen molar-refractivity contribution in [1.29, 1.82) is 0 Å². The number of likely N-dealkylation sites (tertiary alicyclic amines) is 1. The first-order chi connectivity index (χ1) is 14.4. The minimum absolute atomic E-state index is 0.118. The average molecular weight is 460 g/mol. The molecule has 0 bridgehead atoms. The molecule has 1 aromatic rings. The molecule has 2 aliphatic rings. The van der Waals surface area contributed by atoms with Crippen molar-refractivity contribution in [3.63, 3.8) is 0 Å². The van der Waals surface area contributed by atoms with E-state index in [2.05, 4.69) is 10.3 Å². The van der Waals surface area contributed by atoms with Gasteiger partial charge in [-0.1, -0.05) is 6.07 Å². The van der Waals surface area contributed by atoms with Crippen molar-refractivity contribution in [3.05, 3.63) is 29.5 Å². The molecule has 1 amide bonds. The number of allylic oxidation sites excluding steroid dienone is 1. The molecule has 1 N–H and O–H groups in total. The highest BCUT2D eigenvalue weighted by Gasteiger charge is 2.38. The molecule has 10 heteroatoms. The van der Waals surface area contributed by atoms with E-state index in [4.69, 9.17) is 17.0 Å². The summed E-state index contributed by atoms with van der Waals surface area (Å²) in [6.45, 7) is 4.26. The van der Waals surface area contributed by atoms with Gasteiger partial charge in [-0.3, -0.25) is 0 Å². The van der Waals surface area contributed by atoms with Gasteiger partial charge in [-0.15, -0.1) is 0 Å². The van der Waals surface area contributed by atoms with E-state index in [1.165, 1.54) is 4.90 Å². The van der Waals surface area contributed by atoms with E-state index in [-0.39, 0.29) is 18.7 Å². The van der Waals surface area contributed by atoms with E-state index in [9.17, 15) is 22.4 Å². The summed E-state index contributed by atoms with van der Waals surface area (Å²) in [7, 11) is 0. The average Bonchev–Trinajstić information content (AvgIpc) is 2.99. The van der Waals surface area contributed by atoms with Crippen LogP contribution in [0.4, 0.5) is 33.7 Å². The van der Waals surface area contributed by atoms with Crippen LogP contribution in [0.25, 0.3) is 0 Å². The maximum atomic E-state index is 14.9. The number of carbonyl (C=O) groups excluding carboxylic acids is 1. The first kappa shape index (κ1) is 23.3. The normalized spacial score (nSPS) is 21.6. The number of thiocarbonyl (C=S) groups is 1. The number of nitrogens with zero attached hydrogens (tertiary/aromatic N) is 2. The number of rotatable bonds is 3. The van der Waals surface area contributed by atoms with Crippen LogP contribution in [-0.2, 0) is 11.2 Å². The first-order valence-corrected chi connectivity index (χ1v) is 10.4. The van der Waals surface area contributed by atoms with Gasteiger partial charge in [0, 0.05) is 29.9 Å². The number of piperidine rings is 1. The lowest BCUT2D eigenvalue weighted by Crippen LogP contribution is -2.51. The van der Waals surface area contributed by atoms with Gasteiger partial charge in [0.1, 0.15) is 18.3 Å². The molecule has 0 saturated carbocycles. The van der Waals surface area contributed by atoms with Crippen LogP contribution in [0.5, 0.6) is 0 Å². The summed E-state index contributed by atoms with van der Waals surface area (Å²) in [6, 6.07) is 4.34. The lowest BCUT2D eigenvalue weighted by molar-refractivity contribution is -0.118. The van der Waals surface area contributed by atoms with Gasteiger partial charge in [0.25, 0.3) is 0 Å². The summed E-state index contributed by atoms with van der Waals surface area (Å²) in [5.41, 5.74) is 1.16. The number of fused-ring (bicyclic) bond motifs is 1. The second-order valence-electron chi connectivity index (χ2n) is 8.71. The second-order valence-corrected chi connectivity index (χ2v) is 8.92. The Balaban J connectivity index is 1.73. The van der Waals surface area contributed by atoms with E-state index in [0.29, 0.717) is 29.9 Å². The standard InChI is InChI=1S/C21H25F4N3O2S/c1-20(2,3)30-19(29)27-8-7-17(15(22)10-27)26-16-5-4-6-18-14(16)9-13(11-31)28(18)12-21(23,24)25/h4-6,15,17,26H,7-10,12H2,1-3H3/t15-,17+/m0/s1. The third kappa shape index (κ3) is 5.68. The van der Waals surface area contributed by atoms with E-state index >= 15 is 0 Å². The Morgan fingerprint density at radius 2 is 2.03 bits per heavy atom. The minimum Gasteiger partial charge on any atom is -0.444 e. The zero-order valence-corrected chi connectivity index (χ0v) is 18.4. The Morgan fingerprint density at radius 1 is 1.32 bits per heavy atom. The lowest BCUT2D eigenvalue weighted by atomic mass is 10.0. The Hall–Kier alpha value is -2.32. The Bertz CT molecular complexity index is 894. The summed E-state index contributed by atoms with van der Waals surface area (Å²) in [5.74, 6) is 0. The topological polar surface area (TPSA) is 44.8 Å². The zero-order valence-electron chi connectivity index (χ0n) is 17.6. The van der Waals surface area contributed by atoms with Gasteiger partial charge in [-0.25, -0.2) is 9.18 Å². The number of alkyl halides is 4. The molecule has 1 fully saturated rings. The predicted octanol–water partition coefficient (Wildman–Crippen LogP) is 4.85. The maximum Gasteiger partial charge on any atom is 0.410 e. The van der Waals surface area contributed by atoms with Crippen LogP contribution in [0.1, 0.15) is 32.8 Å². The zero-order chi connectivity index (χ0) is 23.0. The van der Waals surface area contributed by atoms with Crippen molar-refractivity contribution in [2.24, 2.45) is 0 Å². The largest absolute Gasteiger partial charge is 0.444 e. The van der Waals surface area contributed by atoms with Gasteiger partial charge in [-0.2, -0.15) is 13.2 Å². The second kappa shape index (κ2) is 8.67.